The van der Waals surface area contributed by atoms with E-state index >= 15 is 0 Å². The number of rotatable bonds is 3. The number of carbonyl (C=O) groups excluding carboxylic acids is 1. The van der Waals surface area contributed by atoms with Gasteiger partial charge in [0.15, 0.2) is 17.2 Å². The summed E-state index contributed by atoms with van der Waals surface area (Å²) in [6, 6.07) is 11.9. The number of hydrogen-bond donors (Lipinski definition) is 1. The molecule has 2 aromatic carbocycles. The van der Waals surface area contributed by atoms with Crippen molar-refractivity contribution in [3.8, 4) is 22.6 Å². The SMILES string of the molecule is Cc1ccc2c(c1)COC(=O)c1ncn3c(NCc4cccc5c4OCO5)ncc-2c13. The molecule has 0 spiro atoms. The monoisotopic (exact) mass is 414 g/mol. The van der Waals surface area contributed by atoms with E-state index in [9.17, 15) is 4.79 Å². The summed E-state index contributed by atoms with van der Waals surface area (Å²) in [5.41, 5.74) is 5.79. The van der Waals surface area contributed by atoms with Crippen molar-refractivity contribution in [2.45, 2.75) is 20.1 Å². The van der Waals surface area contributed by atoms with Gasteiger partial charge in [-0.1, -0.05) is 35.9 Å². The lowest BCUT2D eigenvalue weighted by Gasteiger charge is -2.17. The van der Waals surface area contributed by atoms with E-state index in [1.54, 1.807) is 16.9 Å². The average molecular weight is 414 g/mol. The highest BCUT2D eigenvalue weighted by molar-refractivity contribution is 6.01. The predicted octanol–water partition coefficient (Wildman–Crippen LogP) is 3.72. The average Bonchev–Trinajstić information content (AvgIpc) is 3.43. The second-order valence-electron chi connectivity index (χ2n) is 7.55. The van der Waals surface area contributed by atoms with Crippen molar-refractivity contribution in [1.29, 1.82) is 0 Å². The lowest BCUT2D eigenvalue weighted by atomic mass is 9.97. The van der Waals surface area contributed by atoms with Crippen LogP contribution in [-0.4, -0.2) is 27.1 Å². The largest absolute Gasteiger partial charge is 0.456 e. The number of para-hydroxylation sites is 1. The number of fused-ring (bicyclic) bond motifs is 3. The van der Waals surface area contributed by atoms with Crippen LogP contribution in [0.5, 0.6) is 11.5 Å². The maximum atomic E-state index is 12.6. The number of carbonyl (C=O) groups is 1. The Morgan fingerprint density at radius 3 is 2.97 bits per heavy atom. The molecular formula is C23H18N4O4. The number of benzene rings is 2. The lowest BCUT2D eigenvalue weighted by Crippen LogP contribution is -2.12. The molecule has 0 radical (unpaired) electrons. The molecule has 0 bridgehead atoms. The van der Waals surface area contributed by atoms with E-state index < -0.39 is 5.97 Å². The summed E-state index contributed by atoms with van der Waals surface area (Å²) in [6.45, 7) is 2.91. The van der Waals surface area contributed by atoms with Gasteiger partial charge >= 0.3 is 5.97 Å². The molecule has 2 aliphatic rings. The second kappa shape index (κ2) is 6.73. The van der Waals surface area contributed by atoms with Crippen LogP contribution in [0.25, 0.3) is 16.6 Å². The molecule has 154 valence electrons. The molecule has 0 atom stereocenters. The molecule has 0 saturated heterocycles. The van der Waals surface area contributed by atoms with Crippen molar-refractivity contribution in [3.63, 3.8) is 0 Å². The maximum absolute atomic E-state index is 12.6. The molecule has 8 nitrogen and oxygen atoms in total. The lowest BCUT2D eigenvalue weighted by molar-refractivity contribution is 0.0468. The molecule has 0 fully saturated rings. The first kappa shape index (κ1) is 17.8. The molecule has 6 rings (SSSR count). The first-order valence-corrected chi connectivity index (χ1v) is 9.93. The molecule has 2 aliphatic heterocycles. The summed E-state index contributed by atoms with van der Waals surface area (Å²) in [5, 5.41) is 3.33. The zero-order valence-electron chi connectivity index (χ0n) is 16.7. The minimum atomic E-state index is -0.445. The Balaban J connectivity index is 1.45. The normalized spacial score (nSPS) is 14.0. The van der Waals surface area contributed by atoms with Crippen LogP contribution in [0.1, 0.15) is 27.2 Å². The number of cyclic esters (lactones) is 1. The highest BCUT2D eigenvalue weighted by Gasteiger charge is 2.25. The van der Waals surface area contributed by atoms with Crippen LogP contribution < -0.4 is 14.8 Å². The van der Waals surface area contributed by atoms with Crippen LogP contribution in [0.3, 0.4) is 0 Å². The smallest absolute Gasteiger partial charge is 0.359 e. The van der Waals surface area contributed by atoms with Gasteiger partial charge in [0, 0.05) is 23.9 Å². The van der Waals surface area contributed by atoms with Gasteiger partial charge in [-0.25, -0.2) is 14.8 Å². The van der Waals surface area contributed by atoms with Gasteiger partial charge in [-0.05, 0) is 24.1 Å². The van der Waals surface area contributed by atoms with Gasteiger partial charge in [0.2, 0.25) is 12.7 Å². The number of aryl methyl sites for hydroxylation is 1. The maximum Gasteiger partial charge on any atom is 0.359 e. The standard InChI is InChI=1S/C23H18N4O4/c1-13-5-6-16-15(7-13)10-29-22(28)19-20-17(16)9-25-23(27(20)11-26-19)24-8-14-3-2-4-18-21(14)31-12-30-18/h2-7,9,11H,8,10,12H2,1H3,(H,24,25). The van der Waals surface area contributed by atoms with Gasteiger partial charge in [-0.3, -0.25) is 4.40 Å². The first-order chi connectivity index (χ1) is 15.2. The molecule has 0 aliphatic carbocycles. The minimum Gasteiger partial charge on any atom is -0.456 e. The predicted molar refractivity (Wildman–Crippen MR) is 112 cm³/mol. The molecule has 4 heterocycles. The molecule has 0 amide bonds. The van der Waals surface area contributed by atoms with E-state index in [1.165, 1.54) is 0 Å². The quantitative estimate of drug-likeness (QED) is 0.511. The van der Waals surface area contributed by atoms with Gasteiger partial charge in [0.1, 0.15) is 12.9 Å². The van der Waals surface area contributed by atoms with Gasteiger partial charge in [0.25, 0.3) is 0 Å². The summed E-state index contributed by atoms with van der Waals surface area (Å²) >= 11 is 0. The number of aromatic nitrogens is 3. The van der Waals surface area contributed by atoms with Crippen molar-refractivity contribution >= 4 is 17.4 Å². The van der Waals surface area contributed by atoms with Gasteiger partial charge in [0.05, 0.1) is 5.52 Å². The fraction of sp³-hybridized carbons (Fsp3) is 0.174. The van der Waals surface area contributed by atoms with E-state index in [0.29, 0.717) is 18.0 Å². The van der Waals surface area contributed by atoms with Crippen molar-refractivity contribution in [2.75, 3.05) is 12.1 Å². The summed E-state index contributed by atoms with van der Waals surface area (Å²) in [5.74, 6) is 1.58. The van der Waals surface area contributed by atoms with E-state index in [2.05, 4.69) is 15.3 Å². The zero-order valence-corrected chi connectivity index (χ0v) is 16.7. The van der Waals surface area contributed by atoms with Crippen molar-refractivity contribution in [3.05, 3.63) is 71.3 Å². The van der Waals surface area contributed by atoms with Gasteiger partial charge in [-0.15, -0.1) is 0 Å². The van der Waals surface area contributed by atoms with Gasteiger partial charge < -0.3 is 19.5 Å². The topological polar surface area (TPSA) is 87.0 Å². The molecule has 2 aromatic heterocycles. The van der Waals surface area contributed by atoms with Crippen LogP contribution in [0.4, 0.5) is 5.95 Å². The Bertz CT molecular complexity index is 1360. The third kappa shape index (κ3) is 2.79. The van der Waals surface area contributed by atoms with E-state index in [-0.39, 0.29) is 19.1 Å². The van der Waals surface area contributed by atoms with Crippen molar-refractivity contribution in [2.24, 2.45) is 0 Å². The highest BCUT2D eigenvalue weighted by atomic mass is 16.7. The Kier molecular flexibility index (Phi) is 3.86. The number of esters is 1. The summed E-state index contributed by atoms with van der Waals surface area (Å²) < 4.78 is 18.3. The van der Waals surface area contributed by atoms with Crippen LogP contribution >= 0.6 is 0 Å². The Morgan fingerprint density at radius 2 is 2.03 bits per heavy atom. The van der Waals surface area contributed by atoms with Crippen LogP contribution in [0.2, 0.25) is 0 Å². The molecule has 0 unspecified atom stereocenters. The molecule has 8 heteroatoms. The van der Waals surface area contributed by atoms with Gasteiger partial charge in [-0.2, -0.15) is 0 Å². The van der Waals surface area contributed by atoms with E-state index in [1.807, 2.05) is 43.3 Å². The molecular weight excluding hydrogens is 396 g/mol. The van der Waals surface area contributed by atoms with E-state index in [0.717, 1.165) is 39.3 Å². The van der Waals surface area contributed by atoms with E-state index in [4.69, 9.17) is 14.2 Å². The fourth-order valence-electron chi connectivity index (χ4n) is 4.11. The number of nitrogens with zero attached hydrogens (tertiary/aromatic N) is 3. The van der Waals surface area contributed by atoms with Crippen LogP contribution in [0, 0.1) is 6.92 Å². The molecule has 1 N–H and O–H groups in total. The summed E-state index contributed by atoms with van der Waals surface area (Å²) in [6.07, 6.45) is 3.38. The Labute approximate surface area is 177 Å². The Hall–Kier alpha value is -4.07. The first-order valence-electron chi connectivity index (χ1n) is 9.93. The molecule has 0 saturated carbocycles. The fourth-order valence-corrected chi connectivity index (χ4v) is 4.11. The van der Waals surface area contributed by atoms with Crippen LogP contribution in [0.15, 0.2) is 48.9 Å². The number of anilines is 1. The summed E-state index contributed by atoms with van der Waals surface area (Å²) in [4.78, 5) is 21.6. The third-order valence-electron chi connectivity index (χ3n) is 5.58. The summed E-state index contributed by atoms with van der Waals surface area (Å²) in [7, 11) is 0. The number of nitrogens with one attached hydrogen (secondary N) is 1. The van der Waals surface area contributed by atoms with Crippen molar-refractivity contribution < 1.29 is 19.0 Å². The second-order valence-corrected chi connectivity index (χ2v) is 7.55. The van der Waals surface area contributed by atoms with Crippen molar-refractivity contribution in [1.82, 2.24) is 14.4 Å². The zero-order chi connectivity index (χ0) is 20.9. The highest BCUT2D eigenvalue weighted by Crippen LogP contribution is 2.36. The number of hydrogen-bond acceptors (Lipinski definition) is 7. The molecule has 4 aromatic rings. The minimum absolute atomic E-state index is 0.204. The Morgan fingerprint density at radius 1 is 1.10 bits per heavy atom. The molecule has 31 heavy (non-hydrogen) atoms. The number of imidazole rings is 1. The van der Waals surface area contributed by atoms with Crippen LogP contribution in [-0.2, 0) is 17.9 Å². The number of ether oxygens (including phenoxy) is 3. The third-order valence-corrected chi connectivity index (χ3v) is 5.58.